The fourth-order valence-corrected chi connectivity index (χ4v) is 3.92. The molecule has 0 atom stereocenters. The van der Waals surface area contributed by atoms with E-state index in [4.69, 9.17) is 4.98 Å². The summed E-state index contributed by atoms with van der Waals surface area (Å²) in [5.74, 6) is -0.151. The maximum atomic E-state index is 13.3. The Hall–Kier alpha value is -4.33. The Morgan fingerprint density at radius 2 is 1.79 bits per heavy atom. The molecule has 1 N–H and O–H groups in total. The molecule has 5 rings (SSSR count). The molecule has 0 spiro atoms. The van der Waals surface area contributed by atoms with E-state index in [1.54, 1.807) is 15.7 Å². The van der Waals surface area contributed by atoms with Gasteiger partial charge in [0.05, 0.1) is 28.9 Å². The van der Waals surface area contributed by atoms with Crippen LogP contribution in [0.4, 0.5) is 0 Å². The van der Waals surface area contributed by atoms with Crippen LogP contribution in [0.2, 0.25) is 0 Å². The fourth-order valence-electron chi connectivity index (χ4n) is 3.92. The maximum absolute atomic E-state index is 13.3. The van der Waals surface area contributed by atoms with Crippen LogP contribution >= 0.6 is 0 Å². The van der Waals surface area contributed by atoms with Crippen LogP contribution in [0, 0.1) is 6.92 Å². The van der Waals surface area contributed by atoms with Gasteiger partial charge in [-0.25, -0.2) is 14.6 Å². The molecule has 164 valence electrons. The summed E-state index contributed by atoms with van der Waals surface area (Å²) in [6.45, 7) is 2.98. The summed E-state index contributed by atoms with van der Waals surface area (Å²) in [5.41, 5.74) is 5.88. The Bertz CT molecular complexity index is 1410. The second-order valence-electron chi connectivity index (χ2n) is 7.92. The highest BCUT2D eigenvalue weighted by molar-refractivity contribution is 6.07. The molecular weight excluding hydrogens is 414 g/mol. The smallest absolute Gasteiger partial charge is 0.252 e. The molecule has 0 aliphatic carbocycles. The van der Waals surface area contributed by atoms with Crippen LogP contribution in [-0.2, 0) is 20.1 Å². The number of nitrogens with zero attached hydrogens (tertiary/aromatic N) is 6. The third-order valence-electron chi connectivity index (χ3n) is 5.57. The number of aromatic nitrogens is 6. The van der Waals surface area contributed by atoms with Gasteiger partial charge in [-0.15, -0.1) is 0 Å². The van der Waals surface area contributed by atoms with Crippen molar-refractivity contribution in [3.05, 3.63) is 95.7 Å². The molecule has 3 heterocycles. The van der Waals surface area contributed by atoms with Gasteiger partial charge in [0, 0.05) is 19.2 Å². The van der Waals surface area contributed by atoms with Crippen molar-refractivity contribution in [2.24, 2.45) is 7.05 Å². The largest absolute Gasteiger partial charge is 0.348 e. The highest BCUT2D eigenvalue weighted by Gasteiger charge is 2.19. The average Bonchev–Trinajstić information content (AvgIpc) is 3.46. The summed E-state index contributed by atoms with van der Waals surface area (Å²) >= 11 is 0. The number of carbonyl (C=O) groups excluding carboxylic acids is 1. The number of benzene rings is 2. The van der Waals surface area contributed by atoms with Gasteiger partial charge in [0.25, 0.3) is 5.91 Å². The van der Waals surface area contributed by atoms with Gasteiger partial charge in [-0.05, 0) is 24.1 Å². The standard InChI is InChI=1S/C25H23N7O/c1-17-23-21(12-22(20-6-4-3-5-7-20)29-24(23)31(2)30-17)25(33)27-13-18-8-10-19(11-9-18)14-32-16-26-15-28-32/h3-12,15-16H,13-14H2,1-2H3,(H,27,33). The lowest BCUT2D eigenvalue weighted by Gasteiger charge is -2.10. The van der Waals surface area contributed by atoms with Gasteiger partial charge in [-0.2, -0.15) is 10.2 Å². The first kappa shape index (κ1) is 20.6. The second-order valence-corrected chi connectivity index (χ2v) is 7.92. The van der Waals surface area contributed by atoms with Gasteiger partial charge in [-0.3, -0.25) is 9.48 Å². The average molecular weight is 438 g/mol. The number of fused-ring (bicyclic) bond motifs is 1. The van der Waals surface area contributed by atoms with E-state index in [2.05, 4.69) is 20.5 Å². The highest BCUT2D eigenvalue weighted by Crippen LogP contribution is 2.26. The van der Waals surface area contributed by atoms with Crippen molar-refractivity contribution in [2.75, 3.05) is 0 Å². The van der Waals surface area contributed by atoms with Crippen LogP contribution in [0.1, 0.15) is 27.2 Å². The number of amides is 1. The lowest BCUT2D eigenvalue weighted by atomic mass is 10.0. The topological polar surface area (TPSA) is 90.5 Å². The molecule has 3 aromatic heterocycles. The molecule has 5 aromatic rings. The summed E-state index contributed by atoms with van der Waals surface area (Å²) in [4.78, 5) is 22.0. The van der Waals surface area contributed by atoms with E-state index >= 15 is 0 Å². The Morgan fingerprint density at radius 1 is 1.03 bits per heavy atom. The van der Waals surface area contributed by atoms with E-state index in [0.717, 1.165) is 33.5 Å². The first-order chi connectivity index (χ1) is 16.1. The Morgan fingerprint density at radius 3 is 2.52 bits per heavy atom. The molecule has 33 heavy (non-hydrogen) atoms. The van der Waals surface area contributed by atoms with E-state index < -0.39 is 0 Å². The zero-order valence-electron chi connectivity index (χ0n) is 18.4. The summed E-state index contributed by atoms with van der Waals surface area (Å²) < 4.78 is 3.49. The van der Waals surface area contributed by atoms with E-state index in [1.807, 2.05) is 74.6 Å². The fraction of sp³-hybridized carbons (Fsp3) is 0.160. The van der Waals surface area contributed by atoms with E-state index in [0.29, 0.717) is 24.3 Å². The molecule has 0 saturated heterocycles. The molecule has 0 radical (unpaired) electrons. The maximum Gasteiger partial charge on any atom is 0.252 e. The molecular formula is C25H23N7O. The van der Waals surface area contributed by atoms with Crippen LogP contribution in [0.5, 0.6) is 0 Å². The van der Waals surface area contributed by atoms with Gasteiger partial charge in [0.2, 0.25) is 0 Å². The van der Waals surface area contributed by atoms with Crippen LogP contribution in [0.25, 0.3) is 22.3 Å². The molecule has 0 aliphatic heterocycles. The van der Waals surface area contributed by atoms with Crippen molar-refractivity contribution in [2.45, 2.75) is 20.0 Å². The van der Waals surface area contributed by atoms with E-state index in [9.17, 15) is 4.79 Å². The predicted octanol–water partition coefficient (Wildman–Crippen LogP) is 3.51. The number of hydrogen-bond donors (Lipinski definition) is 1. The predicted molar refractivity (Wildman–Crippen MR) is 125 cm³/mol. The number of pyridine rings is 1. The third kappa shape index (κ3) is 4.23. The number of nitrogens with one attached hydrogen (secondary N) is 1. The van der Waals surface area contributed by atoms with Gasteiger partial charge in [0.15, 0.2) is 5.65 Å². The highest BCUT2D eigenvalue weighted by atomic mass is 16.1. The van der Waals surface area contributed by atoms with Crippen LogP contribution in [0.15, 0.2) is 73.3 Å². The molecule has 0 aliphatic rings. The summed E-state index contributed by atoms with van der Waals surface area (Å²) in [7, 11) is 1.85. The Labute approximate surface area is 190 Å². The number of hydrogen-bond acceptors (Lipinski definition) is 5. The third-order valence-corrected chi connectivity index (χ3v) is 5.57. The molecule has 0 saturated carbocycles. The first-order valence-electron chi connectivity index (χ1n) is 10.7. The normalized spacial score (nSPS) is 11.1. The van der Waals surface area contributed by atoms with Crippen molar-refractivity contribution in [1.29, 1.82) is 0 Å². The summed E-state index contributed by atoms with van der Waals surface area (Å²) in [6, 6.07) is 19.8. The first-order valence-corrected chi connectivity index (χ1v) is 10.7. The van der Waals surface area contributed by atoms with Gasteiger partial charge in [0.1, 0.15) is 12.7 Å². The van der Waals surface area contributed by atoms with Gasteiger partial charge >= 0.3 is 0 Å². The second kappa shape index (κ2) is 8.66. The van der Waals surface area contributed by atoms with E-state index in [-0.39, 0.29) is 5.91 Å². The van der Waals surface area contributed by atoms with Crippen molar-refractivity contribution in [3.63, 3.8) is 0 Å². The number of rotatable bonds is 6. The minimum absolute atomic E-state index is 0.151. The van der Waals surface area contributed by atoms with Crippen molar-refractivity contribution >= 4 is 16.9 Å². The minimum atomic E-state index is -0.151. The van der Waals surface area contributed by atoms with Crippen molar-refractivity contribution in [3.8, 4) is 11.3 Å². The number of carbonyl (C=O) groups is 1. The number of aryl methyl sites for hydroxylation is 2. The lowest BCUT2D eigenvalue weighted by molar-refractivity contribution is 0.0952. The Kier molecular flexibility index (Phi) is 5.40. The lowest BCUT2D eigenvalue weighted by Crippen LogP contribution is -2.23. The molecule has 2 aromatic carbocycles. The monoisotopic (exact) mass is 437 g/mol. The summed E-state index contributed by atoms with van der Waals surface area (Å²) in [5, 5.41) is 12.4. The van der Waals surface area contributed by atoms with Gasteiger partial charge in [-0.1, -0.05) is 54.6 Å². The Balaban J connectivity index is 1.39. The van der Waals surface area contributed by atoms with Crippen LogP contribution in [-0.4, -0.2) is 35.4 Å². The van der Waals surface area contributed by atoms with Crippen molar-refractivity contribution < 1.29 is 4.79 Å². The van der Waals surface area contributed by atoms with Crippen molar-refractivity contribution in [1.82, 2.24) is 34.8 Å². The molecule has 0 fully saturated rings. The summed E-state index contributed by atoms with van der Waals surface area (Å²) in [6.07, 6.45) is 3.21. The van der Waals surface area contributed by atoms with Crippen LogP contribution < -0.4 is 5.32 Å². The van der Waals surface area contributed by atoms with Crippen LogP contribution in [0.3, 0.4) is 0 Å². The molecule has 8 nitrogen and oxygen atoms in total. The molecule has 1 amide bonds. The zero-order chi connectivity index (χ0) is 22.8. The van der Waals surface area contributed by atoms with E-state index in [1.165, 1.54) is 6.33 Å². The zero-order valence-corrected chi connectivity index (χ0v) is 18.4. The minimum Gasteiger partial charge on any atom is -0.348 e. The molecule has 0 unspecified atom stereocenters. The SMILES string of the molecule is Cc1nn(C)c2nc(-c3ccccc3)cc(C(=O)NCc3ccc(Cn4cncn4)cc3)c12. The van der Waals surface area contributed by atoms with Gasteiger partial charge < -0.3 is 5.32 Å². The molecule has 8 heteroatoms. The quantitative estimate of drug-likeness (QED) is 0.439. The molecule has 0 bridgehead atoms.